The zero-order valence-corrected chi connectivity index (χ0v) is 14.8. The summed E-state index contributed by atoms with van der Waals surface area (Å²) in [6.45, 7) is 9.81. The number of carbonyl (C=O) groups excluding carboxylic acids is 1. The topological polar surface area (TPSA) is 64.3 Å². The molecule has 0 bridgehead atoms. The third-order valence-corrected chi connectivity index (χ3v) is 3.59. The Hall–Kier alpha value is -1.07. The van der Waals surface area contributed by atoms with Gasteiger partial charge in [-0.15, -0.1) is 0 Å². The number of carbonyl (C=O) groups is 1. The highest BCUT2D eigenvalue weighted by atomic mass is 79.9. The molecule has 1 aromatic rings. The highest BCUT2D eigenvalue weighted by Gasteiger charge is 2.18. The van der Waals surface area contributed by atoms with Gasteiger partial charge in [-0.25, -0.2) is 0 Å². The van der Waals surface area contributed by atoms with Gasteiger partial charge in [0, 0.05) is 16.6 Å². The number of primary amides is 1. The first-order chi connectivity index (χ1) is 9.85. The van der Waals surface area contributed by atoms with Crippen LogP contribution in [0.1, 0.15) is 38.3 Å². The van der Waals surface area contributed by atoms with Gasteiger partial charge in [-0.05, 0) is 43.5 Å². The lowest BCUT2D eigenvalue weighted by Crippen LogP contribution is -2.33. The zero-order valence-electron chi connectivity index (χ0n) is 13.2. The van der Waals surface area contributed by atoms with Gasteiger partial charge in [-0.3, -0.25) is 4.79 Å². The van der Waals surface area contributed by atoms with Gasteiger partial charge < -0.3 is 15.8 Å². The Balaban J connectivity index is 2.96. The molecule has 0 fully saturated rings. The molecule has 21 heavy (non-hydrogen) atoms. The molecular formula is C16H25BrN2O2. The van der Waals surface area contributed by atoms with E-state index in [2.05, 4.69) is 35.1 Å². The average Bonchev–Trinajstić information content (AvgIpc) is 2.36. The minimum Gasteiger partial charge on any atom is -0.480 e. The second kappa shape index (κ2) is 8.39. The summed E-state index contributed by atoms with van der Waals surface area (Å²) in [6, 6.07) is 4.00. The van der Waals surface area contributed by atoms with Crippen LogP contribution in [-0.4, -0.2) is 18.6 Å². The molecular weight excluding hydrogens is 332 g/mol. The van der Waals surface area contributed by atoms with Crippen molar-refractivity contribution in [3.05, 3.63) is 27.7 Å². The maximum absolute atomic E-state index is 11.4. The molecule has 0 spiro atoms. The molecule has 4 nitrogen and oxygen atoms in total. The first-order valence-electron chi connectivity index (χ1n) is 7.30. The number of halogens is 1. The van der Waals surface area contributed by atoms with Crippen LogP contribution in [0.5, 0.6) is 5.75 Å². The smallest absolute Gasteiger partial charge is 0.258 e. The quantitative estimate of drug-likeness (QED) is 0.751. The number of amides is 1. The summed E-state index contributed by atoms with van der Waals surface area (Å²) in [5, 5.41) is 3.40. The second-order valence-electron chi connectivity index (χ2n) is 5.65. The van der Waals surface area contributed by atoms with Crippen molar-refractivity contribution in [2.45, 2.75) is 46.8 Å². The van der Waals surface area contributed by atoms with Crippen molar-refractivity contribution in [3.63, 3.8) is 0 Å². The van der Waals surface area contributed by atoms with Crippen LogP contribution in [-0.2, 0) is 11.3 Å². The summed E-state index contributed by atoms with van der Waals surface area (Å²) in [6.07, 6.45) is -0.0299. The van der Waals surface area contributed by atoms with E-state index in [4.69, 9.17) is 10.5 Å². The number of rotatable bonds is 8. The van der Waals surface area contributed by atoms with Gasteiger partial charge in [0.05, 0.1) is 0 Å². The molecule has 1 atom stereocenters. The molecule has 5 heteroatoms. The van der Waals surface area contributed by atoms with E-state index >= 15 is 0 Å². The Bertz CT molecular complexity index is 489. The minimum absolute atomic E-state index is 0.430. The van der Waals surface area contributed by atoms with E-state index in [-0.39, 0.29) is 0 Å². The molecule has 1 amide bonds. The zero-order chi connectivity index (χ0) is 16.0. The predicted molar refractivity (Wildman–Crippen MR) is 89.3 cm³/mol. The highest BCUT2D eigenvalue weighted by Crippen LogP contribution is 2.29. The summed E-state index contributed by atoms with van der Waals surface area (Å²) in [4.78, 5) is 11.4. The fraction of sp³-hybridized carbons (Fsp3) is 0.562. The summed E-state index contributed by atoms with van der Waals surface area (Å²) < 4.78 is 6.86. The van der Waals surface area contributed by atoms with Crippen molar-refractivity contribution in [2.24, 2.45) is 11.7 Å². The van der Waals surface area contributed by atoms with Crippen LogP contribution in [0, 0.1) is 12.8 Å². The van der Waals surface area contributed by atoms with Crippen LogP contribution < -0.4 is 15.8 Å². The fourth-order valence-electron chi connectivity index (χ4n) is 2.08. The molecule has 0 aliphatic heterocycles. The van der Waals surface area contributed by atoms with Crippen LogP contribution in [0.25, 0.3) is 0 Å². The van der Waals surface area contributed by atoms with E-state index in [0.29, 0.717) is 18.9 Å². The first kappa shape index (κ1) is 18.0. The molecule has 0 aromatic heterocycles. The van der Waals surface area contributed by atoms with Crippen molar-refractivity contribution in [1.29, 1.82) is 0 Å². The maximum atomic E-state index is 11.4. The van der Waals surface area contributed by atoms with Crippen molar-refractivity contribution in [3.8, 4) is 5.75 Å². The van der Waals surface area contributed by atoms with Gasteiger partial charge in [0.15, 0.2) is 6.10 Å². The van der Waals surface area contributed by atoms with Gasteiger partial charge >= 0.3 is 0 Å². The molecule has 1 aromatic carbocycles. The normalized spacial score (nSPS) is 12.5. The van der Waals surface area contributed by atoms with Gasteiger partial charge in [-0.2, -0.15) is 0 Å². The lowest BCUT2D eigenvalue weighted by molar-refractivity contribution is -0.124. The Kier molecular flexibility index (Phi) is 7.18. The van der Waals surface area contributed by atoms with E-state index in [0.717, 1.165) is 27.9 Å². The van der Waals surface area contributed by atoms with Gasteiger partial charge in [0.25, 0.3) is 5.91 Å². The molecule has 0 heterocycles. The van der Waals surface area contributed by atoms with Crippen LogP contribution in [0.3, 0.4) is 0 Å². The lowest BCUT2D eigenvalue weighted by Gasteiger charge is -2.20. The van der Waals surface area contributed by atoms with Crippen LogP contribution in [0.15, 0.2) is 16.6 Å². The van der Waals surface area contributed by atoms with E-state index in [1.54, 1.807) is 0 Å². The van der Waals surface area contributed by atoms with Crippen molar-refractivity contribution >= 4 is 21.8 Å². The molecule has 3 N–H and O–H groups in total. The van der Waals surface area contributed by atoms with Crippen LogP contribution in [0.4, 0.5) is 0 Å². The number of hydrogen-bond donors (Lipinski definition) is 2. The van der Waals surface area contributed by atoms with Crippen molar-refractivity contribution in [2.75, 3.05) is 6.54 Å². The predicted octanol–water partition coefficient (Wildman–Crippen LogP) is 3.15. The van der Waals surface area contributed by atoms with E-state index < -0.39 is 12.0 Å². The maximum Gasteiger partial charge on any atom is 0.258 e. The van der Waals surface area contributed by atoms with Crippen LogP contribution >= 0.6 is 15.9 Å². The largest absolute Gasteiger partial charge is 0.480 e. The van der Waals surface area contributed by atoms with Gasteiger partial charge in [-0.1, -0.05) is 36.7 Å². The number of nitrogens with one attached hydrogen (secondary N) is 1. The standard InChI is InChI=1S/C16H25BrN2O2/c1-5-14(16(18)20)21-15-11(4)6-13(17)7-12(15)9-19-8-10(2)3/h6-7,10,14,19H,5,8-9H2,1-4H3,(H2,18,20). The number of aryl methyl sites for hydroxylation is 1. The number of ether oxygens (including phenoxy) is 1. The molecule has 118 valence electrons. The molecule has 0 aliphatic rings. The van der Waals surface area contributed by atoms with E-state index in [9.17, 15) is 4.79 Å². The first-order valence-corrected chi connectivity index (χ1v) is 8.10. The molecule has 0 radical (unpaired) electrons. The minimum atomic E-state index is -0.589. The number of benzene rings is 1. The van der Waals surface area contributed by atoms with Gasteiger partial charge in [0.1, 0.15) is 5.75 Å². The summed E-state index contributed by atoms with van der Waals surface area (Å²) in [7, 11) is 0. The lowest BCUT2D eigenvalue weighted by atomic mass is 10.1. The summed E-state index contributed by atoms with van der Waals surface area (Å²) in [5.41, 5.74) is 7.40. The van der Waals surface area contributed by atoms with Crippen molar-refractivity contribution in [1.82, 2.24) is 5.32 Å². The number of nitrogens with two attached hydrogens (primary N) is 1. The molecule has 0 saturated heterocycles. The summed E-state index contributed by atoms with van der Waals surface area (Å²) in [5.74, 6) is 0.901. The Morgan fingerprint density at radius 1 is 1.43 bits per heavy atom. The highest BCUT2D eigenvalue weighted by molar-refractivity contribution is 9.10. The number of hydrogen-bond acceptors (Lipinski definition) is 3. The van der Waals surface area contributed by atoms with Crippen molar-refractivity contribution < 1.29 is 9.53 Å². The molecule has 1 unspecified atom stereocenters. The molecule has 0 aliphatic carbocycles. The Labute approximate surface area is 135 Å². The van der Waals surface area contributed by atoms with Gasteiger partial charge in [0.2, 0.25) is 0 Å². The third kappa shape index (κ3) is 5.67. The van der Waals surface area contributed by atoms with E-state index in [1.807, 2.05) is 26.0 Å². The SMILES string of the molecule is CCC(Oc1c(C)cc(Br)cc1CNCC(C)C)C(N)=O. The second-order valence-corrected chi connectivity index (χ2v) is 6.57. The third-order valence-electron chi connectivity index (χ3n) is 3.13. The average molecular weight is 357 g/mol. The Morgan fingerprint density at radius 3 is 2.62 bits per heavy atom. The van der Waals surface area contributed by atoms with E-state index in [1.165, 1.54) is 0 Å². The summed E-state index contributed by atoms with van der Waals surface area (Å²) >= 11 is 3.51. The molecule has 1 rings (SSSR count). The fourth-order valence-corrected chi connectivity index (χ4v) is 2.70. The van der Waals surface area contributed by atoms with Crippen LogP contribution in [0.2, 0.25) is 0 Å². The monoisotopic (exact) mass is 356 g/mol. The molecule has 0 saturated carbocycles. The Morgan fingerprint density at radius 2 is 2.10 bits per heavy atom.